The third kappa shape index (κ3) is 3.27. The molecule has 124 valence electrons. The van der Waals surface area contributed by atoms with Crippen LogP contribution >= 0.6 is 0 Å². The Balaban J connectivity index is 2.12. The van der Waals surface area contributed by atoms with Gasteiger partial charge in [0.1, 0.15) is 0 Å². The highest BCUT2D eigenvalue weighted by Crippen LogP contribution is 2.24. The quantitative estimate of drug-likeness (QED) is 0.788. The summed E-state index contributed by atoms with van der Waals surface area (Å²) in [7, 11) is -3.64. The number of aromatic nitrogens is 1. The van der Waals surface area contributed by atoms with Gasteiger partial charge in [-0.15, -0.1) is 0 Å². The maximum atomic E-state index is 12.8. The molecule has 1 aromatic heterocycles. The largest absolute Gasteiger partial charge is 0.386 e. The van der Waals surface area contributed by atoms with Crippen LogP contribution in [0.1, 0.15) is 19.4 Å². The van der Waals surface area contributed by atoms with Gasteiger partial charge in [0.25, 0.3) is 10.0 Å². The number of aliphatic hydroxyl groups is 1. The van der Waals surface area contributed by atoms with E-state index in [9.17, 15) is 13.5 Å². The summed E-state index contributed by atoms with van der Waals surface area (Å²) in [6.07, 6.45) is 5.02. The molecule has 4 nitrogen and oxygen atoms in total. The Hall–Kier alpha value is -2.37. The molecule has 0 aliphatic heterocycles. The van der Waals surface area contributed by atoms with Gasteiger partial charge < -0.3 is 5.11 Å². The molecule has 3 aromatic rings. The highest BCUT2D eigenvalue weighted by molar-refractivity contribution is 7.90. The summed E-state index contributed by atoms with van der Waals surface area (Å²) in [4.78, 5) is 0.250. The molecule has 0 amide bonds. The van der Waals surface area contributed by atoms with E-state index in [4.69, 9.17) is 0 Å². The molecular weight excluding hydrogens is 322 g/mol. The lowest BCUT2D eigenvalue weighted by Gasteiger charge is -2.10. The topological polar surface area (TPSA) is 59.3 Å². The van der Waals surface area contributed by atoms with Crippen LogP contribution in [-0.4, -0.2) is 23.1 Å². The fourth-order valence-corrected chi connectivity index (χ4v) is 3.81. The zero-order valence-electron chi connectivity index (χ0n) is 13.5. The molecule has 0 fully saturated rings. The third-order valence-corrected chi connectivity index (χ3v) is 5.37. The van der Waals surface area contributed by atoms with Crippen molar-refractivity contribution >= 4 is 27.0 Å². The molecule has 0 bridgehead atoms. The normalized spacial score (nSPS) is 13.0. The Labute approximate surface area is 141 Å². The van der Waals surface area contributed by atoms with Gasteiger partial charge in [-0.1, -0.05) is 42.5 Å². The lowest BCUT2D eigenvalue weighted by molar-refractivity contribution is 0.134. The van der Waals surface area contributed by atoms with Gasteiger partial charge in [-0.2, -0.15) is 0 Å². The van der Waals surface area contributed by atoms with E-state index in [0.29, 0.717) is 5.52 Å². The molecule has 0 aliphatic rings. The average molecular weight is 341 g/mol. The summed E-state index contributed by atoms with van der Waals surface area (Å²) >= 11 is 0. The first-order valence-corrected chi connectivity index (χ1v) is 9.05. The molecule has 1 N–H and O–H groups in total. The monoisotopic (exact) mass is 341 g/mol. The Morgan fingerprint density at radius 2 is 1.75 bits per heavy atom. The Bertz CT molecular complexity index is 994. The van der Waals surface area contributed by atoms with Crippen molar-refractivity contribution in [3.8, 4) is 0 Å². The summed E-state index contributed by atoms with van der Waals surface area (Å²) in [5.41, 5.74) is 0.511. The van der Waals surface area contributed by atoms with Gasteiger partial charge in [0.2, 0.25) is 0 Å². The van der Waals surface area contributed by atoms with Gasteiger partial charge in [-0.05, 0) is 43.7 Å². The van der Waals surface area contributed by atoms with Crippen LogP contribution in [0.2, 0.25) is 0 Å². The lowest BCUT2D eigenvalue weighted by Crippen LogP contribution is -2.13. The summed E-state index contributed by atoms with van der Waals surface area (Å²) < 4.78 is 27.0. The fraction of sp³-hybridized carbons (Fsp3) is 0.158. The van der Waals surface area contributed by atoms with Crippen LogP contribution in [0.15, 0.2) is 71.8 Å². The first-order chi connectivity index (χ1) is 11.3. The SMILES string of the molecule is CC(C)(O)/C=C/c1ccc2ccn(S(=O)(=O)c3ccccc3)c2c1. The van der Waals surface area contributed by atoms with Crippen LogP contribution in [0.3, 0.4) is 0 Å². The minimum absolute atomic E-state index is 0.250. The van der Waals surface area contributed by atoms with E-state index < -0.39 is 15.6 Å². The van der Waals surface area contributed by atoms with Crippen molar-refractivity contribution in [3.05, 3.63) is 72.4 Å². The standard InChI is InChI=1S/C19H19NO3S/c1-19(2,21)12-10-15-8-9-16-11-13-20(18(16)14-15)24(22,23)17-6-4-3-5-7-17/h3-14,21H,1-2H3/b12-10+. The molecule has 24 heavy (non-hydrogen) atoms. The van der Waals surface area contributed by atoms with Gasteiger partial charge >= 0.3 is 0 Å². The van der Waals surface area contributed by atoms with Crippen molar-refractivity contribution in [1.82, 2.24) is 3.97 Å². The first-order valence-electron chi connectivity index (χ1n) is 7.61. The molecule has 0 aliphatic carbocycles. The number of nitrogens with zero attached hydrogens (tertiary/aromatic N) is 1. The Morgan fingerprint density at radius 1 is 1.04 bits per heavy atom. The van der Waals surface area contributed by atoms with Gasteiger partial charge in [0.05, 0.1) is 16.0 Å². The number of fused-ring (bicyclic) bond motifs is 1. The molecule has 0 spiro atoms. The predicted octanol–water partition coefficient (Wildman–Crippen LogP) is 3.66. The van der Waals surface area contributed by atoms with Crippen molar-refractivity contribution in [1.29, 1.82) is 0 Å². The molecule has 0 unspecified atom stereocenters. The van der Waals surface area contributed by atoms with Crippen molar-refractivity contribution < 1.29 is 13.5 Å². The van der Waals surface area contributed by atoms with Crippen molar-refractivity contribution in [3.63, 3.8) is 0 Å². The minimum Gasteiger partial charge on any atom is -0.386 e. The summed E-state index contributed by atoms with van der Waals surface area (Å²) in [6.45, 7) is 3.37. The van der Waals surface area contributed by atoms with Crippen LogP contribution in [-0.2, 0) is 10.0 Å². The number of hydrogen-bond acceptors (Lipinski definition) is 3. The van der Waals surface area contributed by atoms with Crippen molar-refractivity contribution in [2.45, 2.75) is 24.3 Å². The number of hydrogen-bond donors (Lipinski definition) is 1. The maximum absolute atomic E-state index is 12.8. The first kappa shape index (κ1) is 16.5. The molecule has 2 aromatic carbocycles. The van der Waals surface area contributed by atoms with Gasteiger partial charge in [0.15, 0.2) is 0 Å². The second kappa shape index (κ2) is 5.92. The highest BCUT2D eigenvalue weighted by atomic mass is 32.2. The second-order valence-corrected chi connectivity index (χ2v) is 8.05. The van der Waals surface area contributed by atoms with Crippen LogP contribution in [0.5, 0.6) is 0 Å². The van der Waals surface area contributed by atoms with Crippen molar-refractivity contribution in [2.24, 2.45) is 0 Å². The molecule has 5 heteroatoms. The smallest absolute Gasteiger partial charge is 0.268 e. The average Bonchev–Trinajstić information content (AvgIpc) is 2.97. The fourth-order valence-electron chi connectivity index (χ4n) is 2.44. The summed E-state index contributed by atoms with van der Waals surface area (Å²) in [5.74, 6) is 0. The highest BCUT2D eigenvalue weighted by Gasteiger charge is 2.18. The molecule has 3 rings (SSSR count). The molecule has 1 heterocycles. The van der Waals surface area contributed by atoms with E-state index in [1.165, 1.54) is 3.97 Å². The predicted molar refractivity (Wildman–Crippen MR) is 96.3 cm³/mol. The van der Waals surface area contributed by atoms with Crippen LogP contribution in [0, 0.1) is 0 Å². The molecule has 0 atom stereocenters. The summed E-state index contributed by atoms with van der Waals surface area (Å²) in [6, 6.07) is 15.7. The Morgan fingerprint density at radius 3 is 2.42 bits per heavy atom. The van der Waals surface area contributed by atoms with E-state index in [0.717, 1.165) is 10.9 Å². The van der Waals surface area contributed by atoms with Gasteiger partial charge in [0, 0.05) is 11.6 Å². The van der Waals surface area contributed by atoms with E-state index in [1.54, 1.807) is 74.7 Å². The maximum Gasteiger partial charge on any atom is 0.268 e. The molecule has 0 radical (unpaired) electrons. The Kier molecular flexibility index (Phi) is 4.07. The second-order valence-electron chi connectivity index (χ2n) is 6.23. The van der Waals surface area contributed by atoms with Crippen LogP contribution in [0.25, 0.3) is 17.0 Å². The van der Waals surface area contributed by atoms with E-state index >= 15 is 0 Å². The van der Waals surface area contributed by atoms with E-state index in [-0.39, 0.29) is 4.90 Å². The van der Waals surface area contributed by atoms with Gasteiger partial charge in [-0.3, -0.25) is 0 Å². The minimum atomic E-state index is -3.64. The third-order valence-electron chi connectivity index (χ3n) is 3.67. The van der Waals surface area contributed by atoms with E-state index in [2.05, 4.69) is 0 Å². The van der Waals surface area contributed by atoms with Gasteiger partial charge in [-0.25, -0.2) is 12.4 Å². The zero-order chi connectivity index (χ0) is 17.4. The van der Waals surface area contributed by atoms with Crippen LogP contribution in [0.4, 0.5) is 0 Å². The molecular formula is C19H19NO3S. The van der Waals surface area contributed by atoms with Crippen molar-refractivity contribution in [2.75, 3.05) is 0 Å². The van der Waals surface area contributed by atoms with E-state index in [1.807, 2.05) is 12.1 Å². The van der Waals surface area contributed by atoms with Crippen LogP contribution < -0.4 is 0 Å². The number of benzene rings is 2. The summed E-state index contributed by atoms with van der Waals surface area (Å²) in [5, 5.41) is 10.6. The molecule has 0 saturated carbocycles. The molecule has 0 saturated heterocycles. The number of rotatable bonds is 4. The zero-order valence-corrected chi connectivity index (χ0v) is 14.4. The lowest BCUT2D eigenvalue weighted by atomic mass is 10.1.